The fourth-order valence-corrected chi connectivity index (χ4v) is 3.02. The lowest BCUT2D eigenvalue weighted by molar-refractivity contribution is -0.855. The molecule has 0 aliphatic rings. The molecule has 0 saturated carbocycles. The van der Waals surface area contributed by atoms with Crippen molar-refractivity contribution in [2.45, 2.75) is 5.16 Å². The van der Waals surface area contributed by atoms with Gasteiger partial charge in [0.15, 0.2) is 5.65 Å². The van der Waals surface area contributed by atoms with E-state index in [1.54, 1.807) is 18.9 Å². The Labute approximate surface area is 126 Å². The quantitative estimate of drug-likeness (QED) is 0.681. The summed E-state index contributed by atoms with van der Waals surface area (Å²) in [5, 5.41) is 10.2. The number of quaternary nitrogens is 1. The van der Waals surface area contributed by atoms with Crippen molar-refractivity contribution in [1.82, 2.24) is 20.2 Å². The first kappa shape index (κ1) is 14.1. The second kappa shape index (κ2) is 5.87. The molecular formula is C14H18N5OS+. The van der Waals surface area contributed by atoms with Crippen LogP contribution in [0.4, 0.5) is 0 Å². The van der Waals surface area contributed by atoms with E-state index in [4.69, 9.17) is 4.74 Å². The van der Waals surface area contributed by atoms with E-state index < -0.39 is 0 Å². The van der Waals surface area contributed by atoms with Crippen molar-refractivity contribution in [3.63, 3.8) is 0 Å². The van der Waals surface area contributed by atoms with Crippen molar-refractivity contribution in [1.29, 1.82) is 0 Å². The highest BCUT2D eigenvalue weighted by Gasteiger charge is 2.10. The number of benzene rings is 1. The van der Waals surface area contributed by atoms with E-state index in [-0.39, 0.29) is 0 Å². The molecule has 2 aromatic heterocycles. The maximum absolute atomic E-state index is 5.25. The molecule has 7 heteroatoms. The zero-order valence-electron chi connectivity index (χ0n) is 12.3. The predicted molar refractivity (Wildman–Crippen MR) is 84.1 cm³/mol. The van der Waals surface area contributed by atoms with Crippen LogP contribution in [0.25, 0.3) is 22.1 Å². The van der Waals surface area contributed by atoms with Crippen LogP contribution in [-0.4, -0.2) is 53.7 Å². The zero-order valence-corrected chi connectivity index (χ0v) is 13.1. The summed E-state index contributed by atoms with van der Waals surface area (Å²) in [7, 11) is 5.92. The molecule has 3 rings (SSSR count). The molecule has 0 fully saturated rings. The maximum atomic E-state index is 5.25. The molecule has 1 aromatic carbocycles. The fourth-order valence-electron chi connectivity index (χ4n) is 2.07. The van der Waals surface area contributed by atoms with Gasteiger partial charge in [-0.05, 0) is 18.2 Å². The van der Waals surface area contributed by atoms with E-state index >= 15 is 0 Å². The van der Waals surface area contributed by atoms with Gasteiger partial charge in [-0.15, -0.1) is 10.2 Å². The summed E-state index contributed by atoms with van der Waals surface area (Å²) in [5.41, 5.74) is 2.55. The molecule has 0 amide bonds. The molecule has 0 atom stereocenters. The van der Waals surface area contributed by atoms with Crippen LogP contribution in [0, 0.1) is 0 Å². The van der Waals surface area contributed by atoms with Crippen LogP contribution in [0.3, 0.4) is 0 Å². The van der Waals surface area contributed by atoms with Gasteiger partial charge in [-0.3, -0.25) is 0 Å². The number of aromatic nitrogens is 4. The molecule has 0 saturated heterocycles. The maximum Gasteiger partial charge on any atom is 0.211 e. The van der Waals surface area contributed by atoms with Gasteiger partial charge in [0.25, 0.3) is 0 Å². The Kier molecular flexibility index (Phi) is 3.94. The summed E-state index contributed by atoms with van der Waals surface area (Å²) in [6.45, 7) is 1.07. The highest BCUT2D eigenvalue weighted by molar-refractivity contribution is 7.99. The van der Waals surface area contributed by atoms with Gasteiger partial charge in [0.2, 0.25) is 5.16 Å². The number of H-pyrrole nitrogens is 1. The Morgan fingerprint density at radius 2 is 2.14 bits per heavy atom. The summed E-state index contributed by atoms with van der Waals surface area (Å²) in [6.07, 6.45) is 0. The number of ether oxygens (including phenoxy) is 1. The summed E-state index contributed by atoms with van der Waals surface area (Å²) in [5.74, 6) is 1.78. The van der Waals surface area contributed by atoms with Gasteiger partial charge >= 0.3 is 0 Å². The summed E-state index contributed by atoms with van der Waals surface area (Å²) in [6, 6.07) is 5.84. The molecule has 0 bridgehead atoms. The van der Waals surface area contributed by atoms with Crippen LogP contribution in [0.2, 0.25) is 0 Å². The monoisotopic (exact) mass is 304 g/mol. The minimum Gasteiger partial charge on any atom is -0.497 e. The number of nitrogens with zero attached hydrogens (tertiary/aromatic N) is 3. The molecule has 0 radical (unpaired) electrons. The molecule has 0 unspecified atom stereocenters. The summed E-state index contributed by atoms with van der Waals surface area (Å²) >= 11 is 1.63. The van der Waals surface area contributed by atoms with Crippen molar-refractivity contribution in [3.05, 3.63) is 18.2 Å². The number of hydrogen-bond acceptors (Lipinski definition) is 5. The smallest absolute Gasteiger partial charge is 0.211 e. The topological polar surface area (TPSA) is 68.1 Å². The van der Waals surface area contributed by atoms with Gasteiger partial charge in [-0.2, -0.15) is 0 Å². The first-order valence-corrected chi connectivity index (χ1v) is 7.78. The van der Waals surface area contributed by atoms with Crippen molar-refractivity contribution in [2.75, 3.05) is 33.5 Å². The number of rotatable bonds is 5. The molecule has 2 N–H and O–H groups in total. The summed E-state index contributed by atoms with van der Waals surface area (Å²) < 4.78 is 5.25. The van der Waals surface area contributed by atoms with E-state index in [0.29, 0.717) is 5.16 Å². The van der Waals surface area contributed by atoms with Crippen LogP contribution >= 0.6 is 11.8 Å². The van der Waals surface area contributed by atoms with E-state index in [2.05, 4.69) is 34.3 Å². The molecule has 0 spiro atoms. The Balaban J connectivity index is 1.93. The highest BCUT2D eigenvalue weighted by atomic mass is 32.2. The lowest BCUT2D eigenvalue weighted by Gasteiger charge is -2.05. The Morgan fingerprint density at radius 1 is 1.29 bits per heavy atom. The molecule has 0 aliphatic heterocycles. The number of aromatic amines is 1. The molecule has 6 nitrogen and oxygen atoms in total. The third-order valence-corrected chi connectivity index (χ3v) is 4.07. The largest absolute Gasteiger partial charge is 0.497 e. The molecular weight excluding hydrogens is 286 g/mol. The first-order chi connectivity index (χ1) is 10.2. The fraction of sp³-hybridized carbons (Fsp3) is 0.357. The Hall–Kier alpha value is -1.86. The third kappa shape index (κ3) is 2.93. The van der Waals surface area contributed by atoms with E-state index in [1.165, 1.54) is 4.90 Å². The van der Waals surface area contributed by atoms with Crippen LogP contribution in [0.15, 0.2) is 23.4 Å². The second-order valence-electron chi connectivity index (χ2n) is 5.13. The van der Waals surface area contributed by atoms with Crippen molar-refractivity contribution < 1.29 is 9.64 Å². The Morgan fingerprint density at radius 3 is 2.90 bits per heavy atom. The second-order valence-corrected chi connectivity index (χ2v) is 6.20. The van der Waals surface area contributed by atoms with Crippen LogP contribution in [0.1, 0.15) is 0 Å². The minimum atomic E-state index is 0.710. The zero-order chi connectivity index (χ0) is 14.8. The third-order valence-electron chi connectivity index (χ3n) is 3.24. The average molecular weight is 304 g/mol. The SMILES string of the molecule is COc1ccc2[nH]c3nc(SCC[NH+](C)C)nnc3c2c1. The summed E-state index contributed by atoms with van der Waals surface area (Å²) in [4.78, 5) is 9.24. The van der Waals surface area contributed by atoms with Gasteiger partial charge in [0.05, 0.1) is 33.5 Å². The van der Waals surface area contributed by atoms with Gasteiger partial charge in [0.1, 0.15) is 11.3 Å². The van der Waals surface area contributed by atoms with Crippen molar-refractivity contribution in [2.24, 2.45) is 0 Å². The number of methoxy groups -OCH3 is 1. The van der Waals surface area contributed by atoms with E-state index in [0.717, 1.165) is 40.1 Å². The van der Waals surface area contributed by atoms with Crippen molar-refractivity contribution in [3.8, 4) is 5.75 Å². The number of thioether (sulfide) groups is 1. The first-order valence-electron chi connectivity index (χ1n) is 6.79. The molecule has 3 aromatic rings. The van der Waals surface area contributed by atoms with Gasteiger partial charge in [-0.1, -0.05) is 11.8 Å². The standard InChI is InChI=1S/C14H17N5OS/c1-19(2)6-7-21-14-16-13-12(17-18-14)10-8-9(20-3)4-5-11(10)15-13/h4-5,8H,6-7H2,1-3H3,(H,15,16,18)/p+1. The average Bonchev–Trinajstić information content (AvgIpc) is 2.83. The Bertz CT molecular complexity index is 770. The van der Waals surface area contributed by atoms with Gasteiger partial charge in [0, 0.05) is 10.9 Å². The number of hydrogen-bond donors (Lipinski definition) is 2. The lowest BCUT2D eigenvalue weighted by Crippen LogP contribution is -3.06. The predicted octanol–water partition coefficient (Wildman–Crippen LogP) is 0.751. The number of nitrogens with one attached hydrogen (secondary N) is 2. The minimum absolute atomic E-state index is 0.710. The van der Waals surface area contributed by atoms with Crippen molar-refractivity contribution >= 4 is 33.8 Å². The lowest BCUT2D eigenvalue weighted by atomic mass is 10.2. The normalized spacial score (nSPS) is 11.6. The van der Waals surface area contributed by atoms with Crippen LogP contribution in [-0.2, 0) is 0 Å². The van der Waals surface area contributed by atoms with Crippen LogP contribution in [0.5, 0.6) is 5.75 Å². The van der Waals surface area contributed by atoms with E-state index in [1.807, 2.05) is 18.2 Å². The molecule has 21 heavy (non-hydrogen) atoms. The molecule has 2 heterocycles. The molecule has 0 aliphatic carbocycles. The van der Waals surface area contributed by atoms with Gasteiger partial charge < -0.3 is 14.6 Å². The number of fused-ring (bicyclic) bond motifs is 3. The molecule has 110 valence electrons. The highest BCUT2D eigenvalue weighted by Crippen LogP contribution is 2.26. The van der Waals surface area contributed by atoms with Gasteiger partial charge in [-0.25, -0.2) is 4.98 Å². The van der Waals surface area contributed by atoms with E-state index in [9.17, 15) is 0 Å². The van der Waals surface area contributed by atoms with Crippen LogP contribution < -0.4 is 9.64 Å².